The van der Waals surface area contributed by atoms with Crippen molar-refractivity contribution in [3.8, 4) is 28.4 Å². The molecule has 4 rings (SSSR count). The van der Waals surface area contributed by atoms with Gasteiger partial charge in [0.1, 0.15) is 23.0 Å². The van der Waals surface area contributed by atoms with E-state index in [9.17, 15) is 4.79 Å². The highest BCUT2D eigenvalue weighted by atomic mass is 16.5. The standard InChI is InChI=1S/C22H20N4O3.CH2O2/c1-26-19(14-23-21(26)15-8-4-3-5-9-15)22(27)24-13-16-12-18(25-29-16)17-10-6-7-11-20(17)28-2;2-1-3/h3-12,14H,13H2,1-2H3,(H,24,27);1H,(H,2,3). The lowest BCUT2D eigenvalue weighted by atomic mass is 10.1. The third-order valence-electron chi connectivity index (χ3n) is 4.62. The van der Waals surface area contributed by atoms with E-state index in [0.29, 0.717) is 22.9 Å². The van der Waals surface area contributed by atoms with Gasteiger partial charge in [0.15, 0.2) is 5.76 Å². The summed E-state index contributed by atoms with van der Waals surface area (Å²) in [5.74, 6) is 1.75. The van der Waals surface area contributed by atoms with Crippen LogP contribution in [0.5, 0.6) is 5.75 Å². The Morgan fingerprint density at radius 1 is 1.19 bits per heavy atom. The first-order valence-corrected chi connectivity index (χ1v) is 9.61. The normalized spacial score (nSPS) is 10.1. The first-order valence-electron chi connectivity index (χ1n) is 9.61. The number of nitrogens with zero attached hydrogens (tertiary/aromatic N) is 3. The van der Waals surface area contributed by atoms with Gasteiger partial charge in [-0.15, -0.1) is 0 Å². The van der Waals surface area contributed by atoms with Gasteiger partial charge in [-0.1, -0.05) is 47.6 Å². The molecule has 0 atom stereocenters. The lowest BCUT2D eigenvalue weighted by molar-refractivity contribution is -0.122. The van der Waals surface area contributed by atoms with Crippen molar-refractivity contribution >= 4 is 12.4 Å². The van der Waals surface area contributed by atoms with Gasteiger partial charge >= 0.3 is 0 Å². The van der Waals surface area contributed by atoms with E-state index in [0.717, 1.165) is 17.0 Å². The summed E-state index contributed by atoms with van der Waals surface area (Å²) in [7, 11) is 3.43. The largest absolute Gasteiger partial charge is 0.496 e. The molecule has 0 radical (unpaired) electrons. The molecular formula is C23H22N4O5. The fraction of sp³-hybridized carbons (Fsp3) is 0.130. The highest BCUT2D eigenvalue weighted by Crippen LogP contribution is 2.29. The predicted octanol–water partition coefficient (Wildman–Crippen LogP) is 3.38. The van der Waals surface area contributed by atoms with Crippen LogP contribution in [0, 0.1) is 0 Å². The molecule has 0 fully saturated rings. The number of rotatable bonds is 6. The van der Waals surface area contributed by atoms with E-state index in [1.807, 2.05) is 61.6 Å². The molecule has 2 heterocycles. The number of ether oxygens (including phenoxy) is 1. The molecule has 0 aliphatic heterocycles. The van der Waals surface area contributed by atoms with Gasteiger partial charge in [0.25, 0.3) is 12.4 Å². The number of amides is 1. The van der Waals surface area contributed by atoms with Crippen molar-refractivity contribution in [2.45, 2.75) is 6.54 Å². The number of nitrogens with one attached hydrogen (secondary N) is 1. The van der Waals surface area contributed by atoms with Gasteiger partial charge in [0.2, 0.25) is 0 Å². The monoisotopic (exact) mass is 434 g/mol. The van der Waals surface area contributed by atoms with E-state index < -0.39 is 0 Å². The van der Waals surface area contributed by atoms with E-state index in [2.05, 4.69) is 15.5 Å². The molecule has 0 saturated carbocycles. The quantitative estimate of drug-likeness (QED) is 0.447. The first kappa shape index (κ1) is 22.3. The predicted molar refractivity (Wildman–Crippen MR) is 117 cm³/mol. The van der Waals surface area contributed by atoms with Crippen LogP contribution in [0.3, 0.4) is 0 Å². The van der Waals surface area contributed by atoms with E-state index in [4.69, 9.17) is 19.2 Å². The number of carboxylic acid groups (broad SMARTS) is 1. The van der Waals surface area contributed by atoms with Crippen LogP contribution in [-0.2, 0) is 18.4 Å². The number of aromatic nitrogens is 3. The molecule has 9 heteroatoms. The summed E-state index contributed by atoms with van der Waals surface area (Å²) < 4.78 is 12.5. The molecule has 0 aliphatic carbocycles. The molecule has 9 nitrogen and oxygen atoms in total. The molecule has 0 saturated heterocycles. The molecule has 32 heavy (non-hydrogen) atoms. The molecule has 0 aliphatic rings. The second-order valence-corrected chi connectivity index (χ2v) is 6.56. The first-order chi connectivity index (χ1) is 15.6. The summed E-state index contributed by atoms with van der Waals surface area (Å²) in [6.07, 6.45) is 1.57. The number of hydrogen-bond donors (Lipinski definition) is 2. The second-order valence-electron chi connectivity index (χ2n) is 6.56. The number of imidazole rings is 1. The maximum absolute atomic E-state index is 12.6. The minimum atomic E-state index is -0.250. The summed E-state index contributed by atoms with van der Waals surface area (Å²) >= 11 is 0. The number of hydrogen-bond acceptors (Lipinski definition) is 6. The minimum absolute atomic E-state index is 0.215. The summed E-state index contributed by atoms with van der Waals surface area (Å²) in [5.41, 5.74) is 2.90. The van der Waals surface area contributed by atoms with Crippen molar-refractivity contribution in [3.05, 3.63) is 78.3 Å². The highest BCUT2D eigenvalue weighted by Gasteiger charge is 2.16. The van der Waals surface area contributed by atoms with Crippen molar-refractivity contribution in [3.63, 3.8) is 0 Å². The summed E-state index contributed by atoms with van der Waals surface area (Å²) in [6.45, 7) is -0.0349. The van der Waals surface area contributed by atoms with Gasteiger partial charge in [-0.3, -0.25) is 9.59 Å². The summed E-state index contributed by atoms with van der Waals surface area (Å²) in [4.78, 5) is 25.3. The van der Waals surface area contributed by atoms with E-state index in [-0.39, 0.29) is 18.9 Å². The number of carbonyl (C=O) groups is 2. The van der Waals surface area contributed by atoms with Crippen molar-refractivity contribution in [2.24, 2.45) is 7.05 Å². The fourth-order valence-electron chi connectivity index (χ4n) is 3.11. The van der Waals surface area contributed by atoms with Gasteiger partial charge in [-0.25, -0.2) is 4.98 Å². The van der Waals surface area contributed by atoms with Crippen LogP contribution in [0.2, 0.25) is 0 Å². The number of benzene rings is 2. The van der Waals surface area contributed by atoms with Crippen molar-refractivity contribution < 1.29 is 24.0 Å². The topological polar surface area (TPSA) is 119 Å². The third-order valence-corrected chi connectivity index (χ3v) is 4.62. The Hall–Kier alpha value is -4.40. The Labute approximate surface area is 184 Å². The Kier molecular flexibility index (Phi) is 7.37. The van der Waals surface area contributed by atoms with Crippen molar-refractivity contribution in [1.82, 2.24) is 20.0 Å². The summed E-state index contributed by atoms with van der Waals surface area (Å²) in [6, 6.07) is 19.1. The lowest BCUT2D eigenvalue weighted by Crippen LogP contribution is -2.24. The maximum Gasteiger partial charge on any atom is 0.290 e. The van der Waals surface area contributed by atoms with Gasteiger partial charge < -0.3 is 24.3 Å². The highest BCUT2D eigenvalue weighted by molar-refractivity contribution is 5.93. The second kappa shape index (κ2) is 10.6. The maximum atomic E-state index is 12.6. The molecule has 0 unspecified atom stereocenters. The summed E-state index contributed by atoms with van der Waals surface area (Å²) in [5, 5.41) is 13.8. The van der Waals surface area contributed by atoms with E-state index in [1.54, 1.807) is 23.9 Å². The van der Waals surface area contributed by atoms with Crippen LogP contribution < -0.4 is 10.1 Å². The number of para-hydroxylation sites is 1. The zero-order valence-corrected chi connectivity index (χ0v) is 17.6. The van der Waals surface area contributed by atoms with Crippen LogP contribution in [0.4, 0.5) is 0 Å². The Morgan fingerprint density at radius 2 is 1.88 bits per heavy atom. The van der Waals surface area contributed by atoms with Crippen LogP contribution in [0.25, 0.3) is 22.6 Å². The van der Waals surface area contributed by atoms with Crippen LogP contribution in [-0.4, -0.2) is 39.3 Å². The molecule has 2 aromatic carbocycles. The zero-order chi connectivity index (χ0) is 22.9. The molecule has 164 valence electrons. The smallest absolute Gasteiger partial charge is 0.290 e. The molecule has 0 spiro atoms. The lowest BCUT2D eigenvalue weighted by Gasteiger charge is -2.06. The molecule has 2 aromatic heterocycles. The van der Waals surface area contributed by atoms with Gasteiger partial charge in [0, 0.05) is 24.2 Å². The SMILES string of the molecule is COc1ccccc1-c1cc(CNC(=O)c2cnc(-c3ccccc3)n2C)on1.O=CO. The molecule has 4 aromatic rings. The van der Waals surface area contributed by atoms with Crippen LogP contribution in [0.1, 0.15) is 16.2 Å². The number of carbonyl (C=O) groups excluding carboxylic acids is 1. The van der Waals surface area contributed by atoms with E-state index in [1.165, 1.54) is 0 Å². The molecular weight excluding hydrogens is 412 g/mol. The Bertz CT molecular complexity index is 1180. The molecule has 0 bridgehead atoms. The zero-order valence-electron chi connectivity index (χ0n) is 17.6. The minimum Gasteiger partial charge on any atom is -0.496 e. The molecule has 1 amide bonds. The van der Waals surface area contributed by atoms with Crippen LogP contribution in [0.15, 0.2) is 71.4 Å². The number of methoxy groups -OCH3 is 1. The van der Waals surface area contributed by atoms with Gasteiger partial charge in [-0.2, -0.15) is 0 Å². The average molecular weight is 434 g/mol. The average Bonchev–Trinajstić information content (AvgIpc) is 3.45. The fourth-order valence-corrected chi connectivity index (χ4v) is 3.11. The van der Waals surface area contributed by atoms with Crippen molar-refractivity contribution in [1.29, 1.82) is 0 Å². The Morgan fingerprint density at radius 3 is 2.59 bits per heavy atom. The van der Waals surface area contributed by atoms with Gasteiger partial charge in [0.05, 0.1) is 19.9 Å². The van der Waals surface area contributed by atoms with Crippen LogP contribution >= 0.6 is 0 Å². The Balaban J connectivity index is 0.000000913. The van der Waals surface area contributed by atoms with E-state index >= 15 is 0 Å². The molecule has 2 N–H and O–H groups in total. The third kappa shape index (κ3) is 5.01. The van der Waals surface area contributed by atoms with Gasteiger partial charge in [-0.05, 0) is 12.1 Å². The van der Waals surface area contributed by atoms with Crippen molar-refractivity contribution in [2.75, 3.05) is 7.11 Å².